The molecule has 4 N–H and O–H groups in total. The molecular weight excluding hydrogens is 244 g/mol. The molecule has 0 saturated carbocycles. The molecule has 1 aliphatic rings. The molecular formula is C14H22N2O3. The SMILES string of the molecule is Nc1ccccc1OCC(O)CN1CCC(CO)C1. The van der Waals surface area contributed by atoms with Gasteiger partial charge < -0.3 is 25.6 Å². The second kappa shape index (κ2) is 6.75. The van der Waals surface area contributed by atoms with Crippen LogP contribution in [0.2, 0.25) is 0 Å². The van der Waals surface area contributed by atoms with E-state index < -0.39 is 6.10 Å². The van der Waals surface area contributed by atoms with Gasteiger partial charge in [0.2, 0.25) is 0 Å². The third-order valence-corrected chi connectivity index (χ3v) is 3.45. The van der Waals surface area contributed by atoms with Crippen molar-refractivity contribution in [3.8, 4) is 5.75 Å². The van der Waals surface area contributed by atoms with Crippen molar-refractivity contribution in [2.45, 2.75) is 12.5 Å². The van der Waals surface area contributed by atoms with Crippen LogP contribution >= 0.6 is 0 Å². The molecule has 5 nitrogen and oxygen atoms in total. The van der Waals surface area contributed by atoms with Crippen LogP contribution in [0.15, 0.2) is 24.3 Å². The van der Waals surface area contributed by atoms with E-state index in [4.69, 9.17) is 15.6 Å². The summed E-state index contributed by atoms with van der Waals surface area (Å²) in [5.74, 6) is 0.953. The molecule has 1 aromatic rings. The number of hydrogen-bond donors (Lipinski definition) is 3. The lowest BCUT2D eigenvalue weighted by Crippen LogP contribution is -2.34. The minimum Gasteiger partial charge on any atom is -0.489 e. The summed E-state index contributed by atoms with van der Waals surface area (Å²) in [5, 5.41) is 19.0. The Morgan fingerprint density at radius 1 is 1.42 bits per heavy atom. The molecule has 0 aromatic heterocycles. The molecule has 0 amide bonds. The van der Waals surface area contributed by atoms with Gasteiger partial charge in [-0.3, -0.25) is 0 Å². The molecule has 1 saturated heterocycles. The zero-order chi connectivity index (χ0) is 13.7. The fourth-order valence-electron chi connectivity index (χ4n) is 2.38. The van der Waals surface area contributed by atoms with E-state index in [1.807, 2.05) is 12.1 Å². The highest BCUT2D eigenvalue weighted by atomic mass is 16.5. The minimum absolute atomic E-state index is 0.226. The molecule has 2 rings (SSSR count). The molecule has 2 atom stereocenters. The maximum Gasteiger partial charge on any atom is 0.142 e. The molecule has 1 aliphatic heterocycles. The Morgan fingerprint density at radius 2 is 2.21 bits per heavy atom. The number of nitrogen functional groups attached to an aromatic ring is 1. The first-order valence-electron chi connectivity index (χ1n) is 6.67. The van der Waals surface area contributed by atoms with E-state index in [2.05, 4.69) is 4.90 Å². The van der Waals surface area contributed by atoms with Crippen molar-refractivity contribution in [3.05, 3.63) is 24.3 Å². The van der Waals surface area contributed by atoms with Gasteiger partial charge in [-0.1, -0.05) is 12.1 Å². The molecule has 1 fully saturated rings. The first-order valence-corrected chi connectivity index (χ1v) is 6.67. The van der Waals surface area contributed by atoms with Gasteiger partial charge in [0.25, 0.3) is 0 Å². The van der Waals surface area contributed by atoms with E-state index in [-0.39, 0.29) is 13.2 Å². The van der Waals surface area contributed by atoms with Crippen LogP contribution in [-0.4, -0.2) is 54.1 Å². The van der Waals surface area contributed by atoms with Crippen molar-refractivity contribution >= 4 is 5.69 Å². The number of anilines is 1. The zero-order valence-electron chi connectivity index (χ0n) is 11.0. The number of rotatable bonds is 6. The molecule has 0 aliphatic carbocycles. The summed E-state index contributed by atoms with van der Waals surface area (Å²) in [6.07, 6.45) is 0.451. The first kappa shape index (κ1) is 14.1. The van der Waals surface area contributed by atoms with Crippen molar-refractivity contribution in [2.24, 2.45) is 5.92 Å². The number of ether oxygens (including phenoxy) is 1. The molecule has 19 heavy (non-hydrogen) atoms. The Hall–Kier alpha value is -1.30. The van der Waals surface area contributed by atoms with Crippen LogP contribution in [-0.2, 0) is 0 Å². The predicted molar refractivity (Wildman–Crippen MR) is 74.0 cm³/mol. The molecule has 0 bridgehead atoms. The van der Waals surface area contributed by atoms with Crippen molar-refractivity contribution < 1.29 is 14.9 Å². The Morgan fingerprint density at radius 3 is 2.89 bits per heavy atom. The Balaban J connectivity index is 1.73. The molecule has 0 radical (unpaired) electrons. The van der Waals surface area contributed by atoms with E-state index in [1.54, 1.807) is 12.1 Å². The quantitative estimate of drug-likeness (QED) is 0.646. The summed E-state index contributed by atoms with van der Waals surface area (Å²) in [4.78, 5) is 2.16. The summed E-state index contributed by atoms with van der Waals surface area (Å²) in [6, 6.07) is 7.26. The highest BCUT2D eigenvalue weighted by molar-refractivity contribution is 5.51. The van der Waals surface area contributed by atoms with Gasteiger partial charge in [0.15, 0.2) is 0 Å². The van der Waals surface area contributed by atoms with E-state index in [9.17, 15) is 5.11 Å². The standard InChI is InChI=1S/C14H22N2O3/c15-13-3-1-2-4-14(13)19-10-12(18)8-16-6-5-11(7-16)9-17/h1-4,11-12,17-18H,5-10,15H2. The largest absolute Gasteiger partial charge is 0.489 e. The number of nitrogens with zero attached hydrogens (tertiary/aromatic N) is 1. The lowest BCUT2D eigenvalue weighted by atomic mass is 10.1. The number of hydrogen-bond acceptors (Lipinski definition) is 5. The monoisotopic (exact) mass is 266 g/mol. The topological polar surface area (TPSA) is 79.0 Å². The number of β-amino-alcohol motifs (C(OH)–C–C–N with tert-alkyl or cyclic N) is 1. The fraction of sp³-hybridized carbons (Fsp3) is 0.571. The van der Waals surface area contributed by atoms with E-state index in [0.29, 0.717) is 23.9 Å². The van der Waals surface area contributed by atoms with Crippen LogP contribution < -0.4 is 10.5 Å². The normalized spacial score (nSPS) is 21.5. The van der Waals surface area contributed by atoms with Crippen LogP contribution in [0, 0.1) is 5.92 Å². The number of aliphatic hydroxyl groups excluding tert-OH is 2. The van der Waals surface area contributed by atoms with Crippen LogP contribution in [0.4, 0.5) is 5.69 Å². The van der Waals surface area contributed by atoms with Gasteiger partial charge in [-0.2, -0.15) is 0 Å². The summed E-state index contributed by atoms with van der Waals surface area (Å²) in [6.45, 7) is 2.80. The van der Waals surface area contributed by atoms with Gasteiger partial charge in [-0.15, -0.1) is 0 Å². The Kier molecular flexibility index (Phi) is 5.01. The average molecular weight is 266 g/mol. The third-order valence-electron chi connectivity index (χ3n) is 3.45. The average Bonchev–Trinajstić information content (AvgIpc) is 2.85. The van der Waals surface area contributed by atoms with Crippen molar-refractivity contribution in [2.75, 3.05) is 38.6 Å². The second-order valence-corrected chi connectivity index (χ2v) is 5.10. The van der Waals surface area contributed by atoms with Gasteiger partial charge in [0.1, 0.15) is 18.5 Å². The third kappa shape index (κ3) is 4.09. The van der Waals surface area contributed by atoms with Gasteiger partial charge >= 0.3 is 0 Å². The van der Waals surface area contributed by atoms with Crippen molar-refractivity contribution in [3.63, 3.8) is 0 Å². The summed E-state index contributed by atoms with van der Waals surface area (Å²) in [7, 11) is 0. The maximum absolute atomic E-state index is 9.95. The molecule has 5 heteroatoms. The van der Waals surface area contributed by atoms with E-state index in [0.717, 1.165) is 19.5 Å². The summed E-state index contributed by atoms with van der Waals surface area (Å²) < 4.78 is 5.51. The number of benzene rings is 1. The van der Waals surface area contributed by atoms with Crippen LogP contribution in [0.1, 0.15) is 6.42 Å². The van der Waals surface area contributed by atoms with E-state index in [1.165, 1.54) is 0 Å². The number of para-hydroxylation sites is 2. The number of aliphatic hydroxyl groups is 2. The summed E-state index contributed by atoms with van der Waals surface area (Å²) in [5.41, 5.74) is 6.34. The predicted octanol–water partition coefficient (Wildman–Crippen LogP) is 0.323. The molecule has 0 spiro atoms. The molecule has 106 valence electrons. The Bertz CT molecular complexity index is 400. The lowest BCUT2D eigenvalue weighted by molar-refractivity contribution is 0.0738. The van der Waals surface area contributed by atoms with Crippen LogP contribution in [0.3, 0.4) is 0 Å². The highest BCUT2D eigenvalue weighted by Gasteiger charge is 2.23. The molecule has 1 aromatic carbocycles. The van der Waals surface area contributed by atoms with Crippen molar-refractivity contribution in [1.29, 1.82) is 0 Å². The number of likely N-dealkylation sites (tertiary alicyclic amines) is 1. The highest BCUT2D eigenvalue weighted by Crippen LogP contribution is 2.20. The molecule has 1 heterocycles. The van der Waals surface area contributed by atoms with Gasteiger partial charge in [-0.05, 0) is 31.0 Å². The van der Waals surface area contributed by atoms with E-state index >= 15 is 0 Å². The van der Waals surface area contributed by atoms with Crippen LogP contribution in [0.5, 0.6) is 5.75 Å². The smallest absolute Gasteiger partial charge is 0.142 e. The van der Waals surface area contributed by atoms with Gasteiger partial charge in [-0.25, -0.2) is 0 Å². The Labute approximate surface area is 113 Å². The maximum atomic E-state index is 9.95. The lowest BCUT2D eigenvalue weighted by Gasteiger charge is -2.20. The summed E-state index contributed by atoms with van der Waals surface area (Å²) >= 11 is 0. The van der Waals surface area contributed by atoms with Gasteiger partial charge in [0, 0.05) is 19.7 Å². The molecule has 2 unspecified atom stereocenters. The van der Waals surface area contributed by atoms with Crippen LogP contribution in [0.25, 0.3) is 0 Å². The second-order valence-electron chi connectivity index (χ2n) is 5.10. The van der Waals surface area contributed by atoms with Crippen molar-refractivity contribution in [1.82, 2.24) is 4.90 Å². The number of nitrogens with two attached hydrogens (primary N) is 1. The van der Waals surface area contributed by atoms with Gasteiger partial charge in [0.05, 0.1) is 5.69 Å². The first-order chi connectivity index (χ1) is 9.19. The minimum atomic E-state index is -0.544. The zero-order valence-corrected chi connectivity index (χ0v) is 11.0. The fourth-order valence-corrected chi connectivity index (χ4v) is 2.38.